The Balaban J connectivity index is 1.47. The van der Waals surface area contributed by atoms with Gasteiger partial charge in [-0.1, -0.05) is 28.9 Å². The lowest BCUT2D eigenvalue weighted by Crippen LogP contribution is -2.36. The molecule has 0 saturated heterocycles. The Bertz CT molecular complexity index is 856. The molecular formula is C17H14ClN3O4. The van der Waals surface area contributed by atoms with E-state index >= 15 is 0 Å². The van der Waals surface area contributed by atoms with Gasteiger partial charge in [-0.05, 0) is 29.8 Å². The highest BCUT2D eigenvalue weighted by Crippen LogP contribution is 2.20. The van der Waals surface area contributed by atoms with Gasteiger partial charge in [0.05, 0.1) is 12.8 Å². The third-order valence-corrected chi connectivity index (χ3v) is 3.57. The zero-order chi connectivity index (χ0) is 17.6. The summed E-state index contributed by atoms with van der Waals surface area (Å²) in [6, 6.07) is 11.9. The molecule has 0 atom stereocenters. The molecule has 2 heterocycles. The quantitative estimate of drug-likeness (QED) is 0.705. The average molecular weight is 360 g/mol. The van der Waals surface area contributed by atoms with Crippen molar-refractivity contribution >= 4 is 23.4 Å². The van der Waals surface area contributed by atoms with E-state index in [2.05, 4.69) is 15.8 Å². The Morgan fingerprint density at radius 2 is 1.88 bits per heavy atom. The molecular weight excluding hydrogens is 346 g/mol. The molecule has 0 saturated carbocycles. The van der Waals surface area contributed by atoms with Gasteiger partial charge in [0, 0.05) is 17.6 Å². The molecule has 0 radical (unpaired) electrons. The lowest BCUT2D eigenvalue weighted by molar-refractivity contribution is -0.120. The molecule has 0 aliphatic carbocycles. The van der Waals surface area contributed by atoms with Gasteiger partial charge in [0.1, 0.15) is 0 Å². The number of amides is 2. The number of hydrogen-bond donors (Lipinski definition) is 2. The van der Waals surface area contributed by atoms with E-state index in [1.165, 1.54) is 12.3 Å². The van der Waals surface area contributed by atoms with Crippen molar-refractivity contribution in [2.24, 2.45) is 0 Å². The van der Waals surface area contributed by atoms with Gasteiger partial charge >= 0.3 is 0 Å². The number of nitrogens with zero attached hydrogens (tertiary/aromatic N) is 1. The van der Waals surface area contributed by atoms with E-state index in [9.17, 15) is 9.59 Å². The third kappa shape index (κ3) is 4.48. The summed E-state index contributed by atoms with van der Waals surface area (Å²) in [4.78, 5) is 23.8. The Labute approximate surface area is 147 Å². The summed E-state index contributed by atoms with van der Waals surface area (Å²) in [5.74, 6) is -0.0316. The van der Waals surface area contributed by atoms with Crippen molar-refractivity contribution in [2.45, 2.75) is 6.54 Å². The monoisotopic (exact) mass is 359 g/mol. The van der Waals surface area contributed by atoms with E-state index in [1.807, 2.05) is 12.1 Å². The Morgan fingerprint density at radius 3 is 2.60 bits per heavy atom. The van der Waals surface area contributed by atoms with Gasteiger partial charge in [0.15, 0.2) is 11.5 Å². The molecule has 0 aliphatic rings. The van der Waals surface area contributed by atoms with Crippen LogP contribution in [-0.4, -0.2) is 23.5 Å². The fraction of sp³-hybridized carbons (Fsp3) is 0.118. The summed E-state index contributed by atoms with van der Waals surface area (Å²) < 4.78 is 10.2. The molecule has 7 nitrogen and oxygen atoms in total. The van der Waals surface area contributed by atoms with Crippen molar-refractivity contribution < 1.29 is 18.5 Å². The van der Waals surface area contributed by atoms with Crippen LogP contribution in [0.3, 0.4) is 0 Å². The maximum Gasteiger partial charge on any atom is 0.273 e. The number of furan rings is 1. The van der Waals surface area contributed by atoms with Crippen LogP contribution in [0, 0.1) is 0 Å². The topological polar surface area (TPSA) is 97.4 Å². The first-order valence-corrected chi connectivity index (χ1v) is 7.79. The van der Waals surface area contributed by atoms with Crippen LogP contribution in [-0.2, 0) is 11.3 Å². The number of benzene rings is 1. The first kappa shape index (κ1) is 16.8. The molecule has 2 amide bonds. The SMILES string of the molecule is O=C(CNC(=O)c1cc(-c2ccco2)on1)NCc1ccc(Cl)cc1. The minimum Gasteiger partial charge on any atom is -0.461 e. The second-order valence-electron chi connectivity index (χ2n) is 5.14. The molecule has 128 valence electrons. The largest absolute Gasteiger partial charge is 0.461 e. The normalized spacial score (nSPS) is 10.4. The minimum atomic E-state index is -0.511. The summed E-state index contributed by atoms with van der Waals surface area (Å²) in [5, 5.41) is 9.46. The molecule has 0 unspecified atom stereocenters. The Morgan fingerprint density at radius 1 is 1.08 bits per heavy atom. The fourth-order valence-electron chi connectivity index (χ4n) is 2.03. The zero-order valence-electron chi connectivity index (χ0n) is 13.0. The van der Waals surface area contributed by atoms with Crippen LogP contribution in [0.2, 0.25) is 5.02 Å². The Kier molecular flexibility index (Phi) is 5.15. The Hall–Kier alpha value is -3.06. The lowest BCUT2D eigenvalue weighted by atomic mass is 10.2. The van der Waals surface area contributed by atoms with Crippen molar-refractivity contribution in [3.05, 3.63) is 65.0 Å². The molecule has 0 bridgehead atoms. The predicted octanol–water partition coefficient (Wildman–Crippen LogP) is 2.63. The summed E-state index contributed by atoms with van der Waals surface area (Å²) in [7, 11) is 0. The summed E-state index contributed by atoms with van der Waals surface area (Å²) in [5.41, 5.74) is 0.973. The van der Waals surface area contributed by atoms with Crippen LogP contribution in [0.25, 0.3) is 11.5 Å². The van der Waals surface area contributed by atoms with Gasteiger partial charge in [-0.25, -0.2) is 0 Å². The third-order valence-electron chi connectivity index (χ3n) is 3.32. The van der Waals surface area contributed by atoms with Crippen LogP contribution in [0.5, 0.6) is 0 Å². The van der Waals surface area contributed by atoms with Crippen molar-refractivity contribution in [3.8, 4) is 11.5 Å². The van der Waals surface area contributed by atoms with E-state index in [1.54, 1.807) is 24.3 Å². The van der Waals surface area contributed by atoms with E-state index < -0.39 is 5.91 Å². The van der Waals surface area contributed by atoms with Gasteiger partial charge in [-0.15, -0.1) is 0 Å². The molecule has 1 aromatic carbocycles. The van der Waals surface area contributed by atoms with Crippen LogP contribution < -0.4 is 10.6 Å². The van der Waals surface area contributed by atoms with Gasteiger partial charge < -0.3 is 19.6 Å². The first-order valence-electron chi connectivity index (χ1n) is 7.42. The van der Waals surface area contributed by atoms with Crippen LogP contribution in [0.15, 0.2) is 57.7 Å². The van der Waals surface area contributed by atoms with E-state index in [-0.39, 0.29) is 18.1 Å². The molecule has 3 aromatic rings. The lowest BCUT2D eigenvalue weighted by Gasteiger charge is -2.06. The number of hydrogen-bond acceptors (Lipinski definition) is 5. The predicted molar refractivity (Wildman–Crippen MR) is 89.8 cm³/mol. The van der Waals surface area contributed by atoms with Gasteiger partial charge in [0.2, 0.25) is 11.7 Å². The highest BCUT2D eigenvalue weighted by atomic mass is 35.5. The number of carbonyl (C=O) groups is 2. The fourth-order valence-corrected chi connectivity index (χ4v) is 2.16. The molecule has 2 aromatic heterocycles. The smallest absolute Gasteiger partial charge is 0.273 e. The number of carbonyl (C=O) groups excluding carboxylic acids is 2. The molecule has 0 aliphatic heterocycles. The van der Waals surface area contributed by atoms with Crippen LogP contribution in [0.1, 0.15) is 16.1 Å². The summed E-state index contributed by atoms with van der Waals surface area (Å²) >= 11 is 5.80. The molecule has 25 heavy (non-hydrogen) atoms. The standard InChI is InChI=1S/C17H14ClN3O4/c18-12-5-3-11(4-6-12)9-19-16(22)10-20-17(23)13-8-15(25-21-13)14-2-1-7-24-14/h1-8H,9-10H2,(H,19,22)(H,20,23). The minimum absolute atomic E-state index is 0.0666. The van der Waals surface area contributed by atoms with Crippen LogP contribution >= 0.6 is 11.6 Å². The maximum absolute atomic E-state index is 12.0. The second kappa shape index (κ2) is 7.67. The molecule has 2 N–H and O–H groups in total. The highest BCUT2D eigenvalue weighted by molar-refractivity contribution is 6.30. The van der Waals surface area contributed by atoms with Gasteiger partial charge in [0.25, 0.3) is 5.91 Å². The van der Waals surface area contributed by atoms with Gasteiger partial charge in [-0.2, -0.15) is 0 Å². The average Bonchev–Trinajstić information content (AvgIpc) is 3.30. The molecule has 8 heteroatoms. The van der Waals surface area contributed by atoms with Gasteiger partial charge in [-0.3, -0.25) is 9.59 Å². The first-order chi connectivity index (χ1) is 12.1. The molecule has 0 spiro atoms. The van der Waals surface area contributed by atoms with E-state index in [0.29, 0.717) is 23.1 Å². The number of nitrogens with one attached hydrogen (secondary N) is 2. The highest BCUT2D eigenvalue weighted by Gasteiger charge is 2.15. The van der Waals surface area contributed by atoms with Crippen LogP contribution in [0.4, 0.5) is 0 Å². The van der Waals surface area contributed by atoms with Crippen molar-refractivity contribution in [1.82, 2.24) is 15.8 Å². The molecule has 3 rings (SSSR count). The summed E-state index contributed by atoms with van der Waals surface area (Å²) in [6.07, 6.45) is 1.49. The van der Waals surface area contributed by atoms with E-state index in [0.717, 1.165) is 5.56 Å². The van der Waals surface area contributed by atoms with Crippen molar-refractivity contribution in [1.29, 1.82) is 0 Å². The number of rotatable bonds is 6. The van der Waals surface area contributed by atoms with Crippen molar-refractivity contribution in [2.75, 3.05) is 6.54 Å². The number of aromatic nitrogens is 1. The van der Waals surface area contributed by atoms with Crippen molar-refractivity contribution in [3.63, 3.8) is 0 Å². The maximum atomic E-state index is 12.0. The zero-order valence-corrected chi connectivity index (χ0v) is 13.7. The molecule has 0 fully saturated rings. The second-order valence-corrected chi connectivity index (χ2v) is 5.58. The summed E-state index contributed by atoms with van der Waals surface area (Å²) in [6.45, 7) is 0.174. The van der Waals surface area contributed by atoms with E-state index in [4.69, 9.17) is 20.5 Å². The number of halogens is 1.